The van der Waals surface area contributed by atoms with E-state index in [1.165, 1.54) is 19.2 Å². The molecule has 0 radical (unpaired) electrons. The first kappa shape index (κ1) is 18.7. The van der Waals surface area contributed by atoms with Crippen molar-refractivity contribution in [2.24, 2.45) is 0 Å². The molecule has 1 heterocycles. The van der Waals surface area contributed by atoms with E-state index < -0.39 is 30.0 Å². The molecule has 0 aliphatic rings. The number of methoxy groups -OCH3 is 1. The number of alkyl halides is 5. The molecule has 0 aliphatic heterocycles. The standard InChI is InChI=1S/C17H10F6N2O2/c1-26-13-3-2-8(4-11(13)18)10-5-9(17(21,22)23)6-12-15(10)24-7-14(25-12)27-16(19)20/h2-7,16H,1H3. The minimum Gasteiger partial charge on any atom is -0.494 e. The van der Waals surface area contributed by atoms with Gasteiger partial charge in [-0.05, 0) is 29.8 Å². The van der Waals surface area contributed by atoms with Crippen LogP contribution in [0.15, 0.2) is 36.5 Å². The van der Waals surface area contributed by atoms with E-state index in [0.29, 0.717) is 6.07 Å². The largest absolute Gasteiger partial charge is 0.494 e. The Morgan fingerprint density at radius 1 is 1.07 bits per heavy atom. The summed E-state index contributed by atoms with van der Waals surface area (Å²) < 4.78 is 87.2. The van der Waals surface area contributed by atoms with Crippen LogP contribution in [0, 0.1) is 5.82 Å². The predicted molar refractivity (Wildman–Crippen MR) is 83.1 cm³/mol. The summed E-state index contributed by atoms with van der Waals surface area (Å²) in [6, 6.07) is 5.02. The Kier molecular flexibility index (Phi) is 4.81. The van der Waals surface area contributed by atoms with E-state index >= 15 is 0 Å². The molecular formula is C17H10F6N2O2. The van der Waals surface area contributed by atoms with Crippen molar-refractivity contribution in [1.82, 2.24) is 9.97 Å². The summed E-state index contributed by atoms with van der Waals surface area (Å²) in [6.45, 7) is -3.21. The molecule has 10 heteroatoms. The lowest BCUT2D eigenvalue weighted by Gasteiger charge is -2.13. The van der Waals surface area contributed by atoms with Crippen molar-refractivity contribution < 1.29 is 35.8 Å². The molecule has 2 aromatic carbocycles. The first-order chi connectivity index (χ1) is 12.7. The lowest BCUT2D eigenvalue weighted by atomic mass is 10.00. The molecule has 27 heavy (non-hydrogen) atoms. The highest BCUT2D eigenvalue weighted by Crippen LogP contribution is 2.37. The number of ether oxygens (including phenoxy) is 2. The average Bonchev–Trinajstić information content (AvgIpc) is 2.59. The maximum Gasteiger partial charge on any atom is 0.416 e. The van der Waals surface area contributed by atoms with Gasteiger partial charge in [0, 0.05) is 5.56 Å². The van der Waals surface area contributed by atoms with Crippen molar-refractivity contribution >= 4 is 11.0 Å². The number of nitrogens with zero attached hydrogens (tertiary/aromatic N) is 2. The van der Waals surface area contributed by atoms with Gasteiger partial charge in [0.2, 0.25) is 5.88 Å². The molecule has 0 saturated heterocycles. The van der Waals surface area contributed by atoms with Crippen molar-refractivity contribution in [3.63, 3.8) is 0 Å². The van der Waals surface area contributed by atoms with Crippen LogP contribution in [0.25, 0.3) is 22.2 Å². The number of hydrogen-bond acceptors (Lipinski definition) is 4. The van der Waals surface area contributed by atoms with Crippen LogP contribution in [0.3, 0.4) is 0 Å². The summed E-state index contributed by atoms with van der Waals surface area (Å²) in [4.78, 5) is 7.51. The molecule has 1 aromatic heterocycles. The van der Waals surface area contributed by atoms with Gasteiger partial charge in [-0.3, -0.25) is 0 Å². The molecule has 0 bridgehead atoms. The van der Waals surface area contributed by atoms with Crippen LogP contribution in [0.4, 0.5) is 26.3 Å². The maximum absolute atomic E-state index is 14.0. The first-order valence-corrected chi connectivity index (χ1v) is 7.35. The van der Waals surface area contributed by atoms with Crippen LogP contribution >= 0.6 is 0 Å². The van der Waals surface area contributed by atoms with Crippen LogP contribution < -0.4 is 9.47 Å². The number of fused-ring (bicyclic) bond motifs is 1. The van der Waals surface area contributed by atoms with Crippen molar-refractivity contribution in [2.45, 2.75) is 12.8 Å². The van der Waals surface area contributed by atoms with Gasteiger partial charge in [0.1, 0.15) is 0 Å². The first-order valence-electron chi connectivity index (χ1n) is 7.35. The molecule has 0 atom stereocenters. The summed E-state index contributed by atoms with van der Waals surface area (Å²) in [5.74, 6) is -1.51. The van der Waals surface area contributed by atoms with E-state index in [1.54, 1.807) is 0 Å². The van der Waals surface area contributed by atoms with E-state index in [0.717, 1.165) is 18.3 Å². The number of benzene rings is 2. The third-order valence-electron chi connectivity index (χ3n) is 3.62. The van der Waals surface area contributed by atoms with Crippen LogP contribution in [0.1, 0.15) is 5.56 Å². The second kappa shape index (κ2) is 6.93. The van der Waals surface area contributed by atoms with Gasteiger partial charge in [-0.2, -0.15) is 22.0 Å². The van der Waals surface area contributed by atoms with Crippen molar-refractivity contribution in [3.05, 3.63) is 47.9 Å². The van der Waals surface area contributed by atoms with Crippen LogP contribution in [-0.4, -0.2) is 23.7 Å². The Hall–Kier alpha value is -3.04. The summed E-state index contributed by atoms with van der Waals surface area (Å²) in [5, 5.41) is 0. The zero-order valence-electron chi connectivity index (χ0n) is 13.5. The van der Waals surface area contributed by atoms with E-state index in [4.69, 9.17) is 4.74 Å². The zero-order valence-corrected chi connectivity index (χ0v) is 13.5. The van der Waals surface area contributed by atoms with E-state index in [-0.39, 0.29) is 27.9 Å². The molecule has 0 aliphatic carbocycles. The molecule has 0 N–H and O–H groups in total. The summed E-state index contributed by atoms with van der Waals surface area (Å²) in [5.41, 5.74) is -1.44. The topological polar surface area (TPSA) is 44.2 Å². The maximum atomic E-state index is 14.0. The summed E-state index contributed by atoms with van der Waals surface area (Å²) in [6.07, 6.45) is -3.89. The van der Waals surface area contributed by atoms with Gasteiger partial charge in [-0.1, -0.05) is 6.07 Å². The lowest BCUT2D eigenvalue weighted by molar-refractivity contribution is -0.137. The highest BCUT2D eigenvalue weighted by atomic mass is 19.4. The quantitative estimate of drug-likeness (QED) is 0.586. The van der Waals surface area contributed by atoms with E-state index in [2.05, 4.69) is 14.7 Å². The molecule has 3 aromatic rings. The molecule has 0 unspecified atom stereocenters. The number of hydrogen-bond donors (Lipinski definition) is 0. The molecule has 4 nitrogen and oxygen atoms in total. The van der Waals surface area contributed by atoms with E-state index in [1.807, 2.05) is 0 Å². The van der Waals surface area contributed by atoms with Crippen LogP contribution in [-0.2, 0) is 6.18 Å². The predicted octanol–water partition coefficient (Wildman–Crippen LogP) is 5.06. The Balaban J connectivity index is 2.25. The fraction of sp³-hybridized carbons (Fsp3) is 0.176. The van der Waals surface area contributed by atoms with Gasteiger partial charge < -0.3 is 9.47 Å². The van der Waals surface area contributed by atoms with E-state index in [9.17, 15) is 26.3 Å². The Labute approximate surface area is 148 Å². The Morgan fingerprint density at radius 2 is 1.81 bits per heavy atom. The number of aromatic nitrogens is 2. The van der Waals surface area contributed by atoms with Gasteiger partial charge >= 0.3 is 12.8 Å². The molecule has 0 fully saturated rings. The normalized spacial score (nSPS) is 11.9. The van der Waals surface area contributed by atoms with Crippen LogP contribution in [0.5, 0.6) is 11.6 Å². The van der Waals surface area contributed by atoms with Crippen LogP contribution in [0.2, 0.25) is 0 Å². The summed E-state index contributed by atoms with van der Waals surface area (Å²) in [7, 11) is 1.24. The highest BCUT2D eigenvalue weighted by Gasteiger charge is 2.32. The smallest absolute Gasteiger partial charge is 0.416 e. The Morgan fingerprint density at radius 3 is 2.41 bits per heavy atom. The summed E-state index contributed by atoms with van der Waals surface area (Å²) >= 11 is 0. The fourth-order valence-electron chi connectivity index (χ4n) is 2.47. The second-order valence-electron chi connectivity index (χ2n) is 5.33. The second-order valence-corrected chi connectivity index (χ2v) is 5.33. The number of rotatable bonds is 4. The molecular weight excluding hydrogens is 378 g/mol. The van der Waals surface area contributed by atoms with Crippen molar-refractivity contribution in [2.75, 3.05) is 7.11 Å². The van der Waals surface area contributed by atoms with Gasteiger partial charge in [-0.15, -0.1) is 0 Å². The van der Waals surface area contributed by atoms with Gasteiger partial charge in [0.05, 0.1) is 29.9 Å². The number of halogens is 6. The molecule has 0 amide bonds. The van der Waals surface area contributed by atoms with Gasteiger partial charge in [-0.25, -0.2) is 14.4 Å². The van der Waals surface area contributed by atoms with Crippen molar-refractivity contribution in [1.29, 1.82) is 0 Å². The molecule has 0 spiro atoms. The third-order valence-corrected chi connectivity index (χ3v) is 3.62. The third kappa shape index (κ3) is 3.88. The van der Waals surface area contributed by atoms with Crippen molar-refractivity contribution in [3.8, 4) is 22.8 Å². The minimum absolute atomic E-state index is 0.0332. The highest BCUT2D eigenvalue weighted by molar-refractivity contribution is 5.92. The fourth-order valence-corrected chi connectivity index (χ4v) is 2.47. The van der Waals surface area contributed by atoms with Gasteiger partial charge in [0.15, 0.2) is 11.6 Å². The lowest BCUT2D eigenvalue weighted by Crippen LogP contribution is -2.07. The molecule has 142 valence electrons. The zero-order chi connectivity index (χ0) is 19.8. The monoisotopic (exact) mass is 388 g/mol. The molecule has 0 saturated carbocycles. The van der Waals surface area contributed by atoms with Gasteiger partial charge in [0.25, 0.3) is 0 Å². The minimum atomic E-state index is -4.74. The average molecular weight is 388 g/mol. The Bertz CT molecular complexity index is 991. The SMILES string of the molecule is COc1ccc(-c2cc(C(F)(F)F)cc3nc(OC(F)F)cnc23)cc1F. The molecule has 3 rings (SSSR count).